The molecule has 0 amide bonds. The van der Waals surface area contributed by atoms with Crippen molar-refractivity contribution in [2.75, 3.05) is 49.1 Å². The van der Waals surface area contributed by atoms with Crippen LogP contribution in [-0.2, 0) is 12.8 Å². The van der Waals surface area contributed by atoms with Gasteiger partial charge >= 0.3 is 0 Å². The fourth-order valence-electron chi connectivity index (χ4n) is 7.12. The van der Waals surface area contributed by atoms with Gasteiger partial charge in [0, 0.05) is 37.6 Å². The predicted molar refractivity (Wildman–Crippen MR) is 178 cm³/mol. The normalized spacial score (nSPS) is 20.2. The quantitative estimate of drug-likeness (QED) is 0.260. The van der Waals surface area contributed by atoms with Crippen molar-refractivity contribution in [3.05, 3.63) is 94.8 Å². The van der Waals surface area contributed by atoms with Crippen LogP contribution in [0.4, 0.5) is 15.8 Å². The zero-order valence-corrected chi connectivity index (χ0v) is 26.1. The van der Waals surface area contributed by atoms with Gasteiger partial charge in [-0.15, -0.1) is 0 Å². The number of hydrogen-bond donors (Lipinski definition) is 1. The summed E-state index contributed by atoms with van der Waals surface area (Å²) in [6, 6.07) is 23.5. The molecule has 0 spiro atoms. The zero-order valence-electron chi connectivity index (χ0n) is 26.1. The summed E-state index contributed by atoms with van der Waals surface area (Å²) in [5.74, 6) is 1.30. The van der Waals surface area contributed by atoms with Gasteiger partial charge in [0.05, 0.1) is 0 Å². The third kappa shape index (κ3) is 8.37. The maximum atomic E-state index is 12.8. The molecule has 3 heterocycles. The van der Waals surface area contributed by atoms with Gasteiger partial charge in [0.2, 0.25) is 0 Å². The number of unbranched alkanes of at least 4 members (excludes halogenated alkanes) is 2. The molecule has 2 fully saturated rings. The van der Waals surface area contributed by atoms with Crippen molar-refractivity contribution in [3.8, 4) is 0 Å². The van der Waals surface area contributed by atoms with Gasteiger partial charge in [-0.25, -0.2) is 4.39 Å². The second kappa shape index (κ2) is 15.6. The summed E-state index contributed by atoms with van der Waals surface area (Å²) in [6.45, 7) is 11.4. The van der Waals surface area contributed by atoms with Gasteiger partial charge < -0.3 is 15.1 Å². The van der Waals surface area contributed by atoms with Crippen LogP contribution >= 0.6 is 0 Å². The first-order valence-electron chi connectivity index (χ1n) is 16.7. The van der Waals surface area contributed by atoms with E-state index < -0.39 is 0 Å². The standard InChI is InChI=1S/C28H40N2.C10H12FN/c1-3-4-5-18-30-19-6-7-25-14-10-23(20-28(25)30)11-15-26-21-29-17-16-27(26)24-12-8-22(2)9-13-24;11-9-4-3-5-10(8-9)12-6-1-2-7-12/h8-10,12-14,20,26-27,29H,3-7,11,15-19,21H2,1-2H3;3-5,8H,1-2,6-7H2/t26-,27?;/m0./s1. The maximum absolute atomic E-state index is 12.8. The smallest absolute Gasteiger partial charge is 0.125 e. The van der Waals surface area contributed by atoms with Gasteiger partial charge in [-0.05, 0) is 124 Å². The first-order valence-corrected chi connectivity index (χ1v) is 16.7. The fraction of sp³-hybridized carbons (Fsp3) is 0.526. The number of halogens is 1. The molecule has 1 unspecified atom stereocenters. The molecule has 0 aliphatic carbocycles. The molecule has 2 atom stereocenters. The highest BCUT2D eigenvalue weighted by molar-refractivity contribution is 5.57. The molecule has 42 heavy (non-hydrogen) atoms. The number of rotatable bonds is 9. The average molecular weight is 570 g/mol. The number of benzene rings is 3. The van der Waals surface area contributed by atoms with E-state index in [-0.39, 0.29) is 5.82 Å². The van der Waals surface area contributed by atoms with Gasteiger partial charge in [-0.2, -0.15) is 0 Å². The summed E-state index contributed by atoms with van der Waals surface area (Å²) in [5.41, 5.74) is 8.56. The molecule has 3 nitrogen and oxygen atoms in total. The van der Waals surface area contributed by atoms with Crippen LogP contribution < -0.4 is 15.1 Å². The molecular formula is C38H52FN3. The molecule has 4 heteroatoms. The van der Waals surface area contributed by atoms with E-state index in [1.165, 1.54) is 100 Å². The third-order valence-corrected chi connectivity index (χ3v) is 9.59. The average Bonchev–Trinajstić information content (AvgIpc) is 3.57. The molecule has 3 aliphatic heterocycles. The molecule has 0 bridgehead atoms. The van der Waals surface area contributed by atoms with Gasteiger partial charge in [-0.1, -0.05) is 67.8 Å². The molecule has 0 radical (unpaired) electrons. The van der Waals surface area contributed by atoms with Crippen LogP contribution in [0.5, 0.6) is 0 Å². The molecule has 3 aromatic carbocycles. The van der Waals surface area contributed by atoms with E-state index in [0.717, 1.165) is 37.8 Å². The van der Waals surface area contributed by atoms with Gasteiger partial charge in [0.15, 0.2) is 0 Å². The van der Waals surface area contributed by atoms with Gasteiger partial charge in [-0.3, -0.25) is 0 Å². The van der Waals surface area contributed by atoms with Gasteiger partial charge in [0.25, 0.3) is 0 Å². The monoisotopic (exact) mass is 569 g/mol. The molecule has 0 saturated carbocycles. The summed E-state index contributed by atoms with van der Waals surface area (Å²) in [6.07, 6.45) is 12.7. The van der Waals surface area contributed by atoms with Crippen LogP contribution in [0.1, 0.15) is 86.5 Å². The Morgan fingerprint density at radius 3 is 2.52 bits per heavy atom. The molecule has 1 N–H and O–H groups in total. The highest BCUT2D eigenvalue weighted by atomic mass is 19.1. The van der Waals surface area contributed by atoms with Crippen molar-refractivity contribution in [2.45, 2.75) is 84.0 Å². The number of nitrogens with zero attached hydrogens (tertiary/aromatic N) is 2. The van der Waals surface area contributed by atoms with E-state index in [0.29, 0.717) is 5.92 Å². The summed E-state index contributed by atoms with van der Waals surface area (Å²) in [7, 11) is 0. The minimum absolute atomic E-state index is 0.139. The molecule has 3 aliphatic rings. The SMILES string of the molecule is CCCCCN1CCCc2ccc(CC[C@H]3CNCCC3c3ccc(C)cc3)cc21.Fc1cccc(N2CCCC2)c1. The summed E-state index contributed by atoms with van der Waals surface area (Å²) < 4.78 is 12.8. The number of piperidine rings is 1. The van der Waals surface area contributed by atoms with Crippen molar-refractivity contribution in [1.82, 2.24) is 5.32 Å². The fourth-order valence-corrected chi connectivity index (χ4v) is 7.12. The molecule has 226 valence electrons. The third-order valence-electron chi connectivity index (χ3n) is 9.59. The highest BCUT2D eigenvalue weighted by Gasteiger charge is 2.26. The van der Waals surface area contributed by atoms with E-state index in [1.54, 1.807) is 23.3 Å². The Balaban J connectivity index is 0.000000244. The number of nitrogens with one attached hydrogen (secondary N) is 1. The van der Waals surface area contributed by atoms with E-state index in [9.17, 15) is 4.39 Å². The number of aryl methyl sites for hydroxylation is 3. The first-order chi connectivity index (χ1) is 20.6. The second-order valence-corrected chi connectivity index (χ2v) is 12.7. The Hall–Kier alpha value is -2.85. The Kier molecular flexibility index (Phi) is 11.3. The highest BCUT2D eigenvalue weighted by Crippen LogP contribution is 2.35. The summed E-state index contributed by atoms with van der Waals surface area (Å²) >= 11 is 0. The van der Waals surface area contributed by atoms with Crippen molar-refractivity contribution < 1.29 is 4.39 Å². The molecule has 3 aromatic rings. The Bertz CT molecular complexity index is 1230. The van der Waals surface area contributed by atoms with Crippen LogP contribution in [0.2, 0.25) is 0 Å². The van der Waals surface area contributed by atoms with Crippen LogP contribution in [0, 0.1) is 18.7 Å². The van der Waals surface area contributed by atoms with Crippen LogP contribution in [-0.4, -0.2) is 39.3 Å². The van der Waals surface area contributed by atoms with Crippen LogP contribution in [0.25, 0.3) is 0 Å². The van der Waals surface area contributed by atoms with Crippen molar-refractivity contribution in [1.29, 1.82) is 0 Å². The molecule has 2 saturated heterocycles. The Morgan fingerprint density at radius 2 is 1.74 bits per heavy atom. The summed E-state index contributed by atoms with van der Waals surface area (Å²) in [5, 5.41) is 3.66. The van der Waals surface area contributed by atoms with Crippen molar-refractivity contribution in [3.63, 3.8) is 0 Å². The minimum Gasteiger partial charge on any atom is -0.371 e. The Morgan fingerprint density at radius 1 is 0.905 bits per heavy atom. The number of hydrogen-bond acceptors (Lipinski definition) is 3. The van der Waals surface area contributed by atoms with Gasteiger partial charge in [0.1, 0.15) is 5.82 Å². The topological polar surface area (TPSA) is 18.5 Å². The molecular weight excluding hydrogens is 517 g/mol. The minimum atomic E-state index is -0.139. The molecule has 6 rings (SSSR count). The second-order valence-electron chi connectivity index (χ2n) is 12.7. The van der Waals surface area contributed by atoms with Crippen molar-refractivity contribution in [2.24, 2.45) is 5.92 Å². The van der Waals surface area contributed by atoms with E-state index in [1.807, 2.05) is 6.07 Å². The first kappa shape index (κ1) is 30.6. The number of fused-ring (bicyclic) bond motifs is 1. The lowest BCUT2D eigenvalue weighted by Gasteiger charge is -2.33. The lowest BCUT2D eigenvalue weighted by molar-refractivity contribution is 0.309. The summed E-state index contributed by atoms with van der Waals surface area (Å²) in [4.78, 5) is 4.89. The largest absolute Gasteiger partial charge is 0.371 e. The van der Waals surface area contributed by atoms with Crippen molar-refractivity contribution >= 4 is 11.4 Å². The van der Waals surface area contributed by atoms with E-state index >= 15 is 0 Å². The lowest BCUT2D eigenvalue weighted by Crippen LogP contribution is -2.35. The Labute approximate surface area is 254 Å². The van der Waals surface area contributed by atoms with E-state index in [2.05, 4.69) is 71.4 Å². The number of anilines is 2. The van der Waals surface area contributed by atoms with E-state index in [4.69, 9.17) is 0 Å². The van der Waals surface area contributed by atoms with Crippen LogP contribution in [0.3, 0.4) is 0 Å². The zero-order chi connectivity index (χ0) is 29.1. The van der Waals surface area contributed by atoms with Crippen LogP contribution in [0.15, 0.2) is 66.7 Å². The lowest BCUT2D eigenvalue weighted by atomic mass is 9.78. The predicted octanol–water partition coefficient (Wildman–Crippen LogP) is 8.69. The maximum Gasteiger partial charge on any atom is 0.125 e. The molecule has 0 aromatic heterocycles.